The van der Waals surface area contributed by atoms with E-state index in [1.807, 2.05) is 42.5 Å². The Bertz CT molecular complexity index is 642. The SMILES string of the molecule is O=C(CCOCC(F)(F)F)Nc1ccccc1-c1ccccc1. The van der Waals surface area contributed by atoms with E-state index in [1.165, 1.54) is 0 Å². The van der Waals surface area contributed by atoms with Gasteiger partial charge >= 0.3 is 6.18 Å². The number of carbonyl (C=O) groups is 1. The van der Waals surface area contributed by atoms with E-state index in [1.54, 1.807) is 12.1 Å². The number of nitrogens with one attached hydrogen (secondary N) is 1. The van der Waals surface area contributed by atoms with Crippen molar-refractivity contribution in [1.82, 2.24) is 0 Å². The normalized spacial score (nSPS) is 11.3. The fraction of sp³-hybridized carbons (Fsp3) is 0.235. The molecule has 2 rings (SSSR count). The van der Waals surface area contributed by atoms with Gasteiger partial charge in [-0.2, -0.15) is 13.2 Å². The Kier molecular flexibility index (Phi) is 5.76. The van der Waals surface area contributed by atoms with Crippen LogP contribution in [0.2, 0.25) is 0 Å². The first-order chi connectivity index (χ1) is 11.0. The van der Waals surface area contributed by atoms with Crippen LogP contribution in [0.1, 0.15) is 6.42 Å². The van der Waals surface area contributed by atoms with Gasteiger partial charge in [0.15, 0.2) is 0 Å². The maximum atomic E-state index is 11.9. The van der Waals surface area contributed by atoms with Gasteiger partial charge in [0.2, 0.25) is 5.91 Å². The quantitative estimate of drug-likeness (QED) is 0.807. The number of ether oxygens (including phenoxy) is 1. The van der Waals surface area contributed by atoms with Crippen LogP contribution in [0, 0.1) is 0 Å². The van der Waals surface area contributed by atoms with Crippen LogP contribution >= 0.6 is 0 Å². The number of benzene rings is 2. The van der Waals surface area contributed by atoms with Gasteiger partial charge in [-0.1, -0.05) is 48.5 Å². The van der Waals surface area contributed by atoms with E-state index in [0.717, 1.165) is 11.1 Å². The molecule has 0 spiro atoms. The lowest BCUT2D eigenvalue weighted by Gasteiger charge is -2.12. The lowest BCUT2D eigenvalue weighted by Crippen LogP contribution is -2.20. The van der Waals surface area contributed by atoms with Gasteiger partial charge in [-0.25, -0.2) is 0 Å². The number of hydrogen-bond donors (Lipinski definition) is 1. The maximum absolute atomic E-state index is 11.9. The molecule has 1 amide bonds. The number of rotatable bonds is 6. The van der Waals surface area contributed by atoms with Crippen LogP contribution in [0.3, 0.4) is 0 Å². The number of alkyl halides is 3. The highest BCUT2D eigenvalue weighted by atomic mass is 19.4. The van der Waals surface area contributed by atoms with Crippen LogP contribution in [-0.4, -0.2) is 25.3 Å². The number of amides is 1. The van der Waals surface area contributed by atoms with Crippen molar-refractivity contribution in [2.24, 2.45) is 0 Å². The van der Waals surface area contributed by atoms with Gasteiger partial charge in [-0.05, 0) is 11.6 Å². The molecule has 0 unspecified atom stereocenters. The summed E-state index contributed by atoms with van der Waals surface area (Å²) in [5, 5.41) is 2.71. The highest BCUT2D eigenvalue weighted by Gasteiger charge is 2.27. The maximum Gasteiger partial charge on any atom is 0.411 e. The van der Waals surface area contributed by atoms with E-state index in [9.17, 15) is 18.0 Å². The monoisotopic (exact) mass is 323 g/mol. The van der Waals surface area contributed by atoms with Crippen LogP contribution in [0.25, 0.3) is 11.1 Å². The van der Waals surface area contributed by atoms with Crippen molar-refractivity contribution in [2.45, 2.75) is 12.6 Å². The smallest absolute Gasteiger partial charge is 0.372 e. The summed E-state index contributed by atoms with van der Waals surface area (Å²) in [5.41, 5.74) is 2.40. The fourth-order valence-electron chi connectivity index (χ4n) is 2.03. The summed E-state index contributed by atoms with van der Waals surface area (Å²) in [7, 11) is 0. The molecular formula is C17H16F3NO2. The average Bonchev–Trinajstić information content (AvgIpc) is 2.52. The Morgan fingerprint density at radius 3 is 2.35 bits per heavy atom. The molecule has 0 fully saturated rings. The lowest BCUT2D eigenvalue weighted by molar-refractivity contribution is -0.174. The van der Waals surface area contributed by atoms with Crippen molar-refractivity contribution in [3.63, 3.8) is 0 Å². The van der Waals surface area contributed by atoms with Crippen molar-refractivity contribution in [3.05, 3.63) is 54.6 Å². The molecule has 3 nitrogen and oxygen atoms in total. The van der Waals surface area contributed by atoms with Crippen LogP contribution in [0.4, 0.5) is 18.9 Å². The number of para-hydroxylation sites is 1. The topological polar surface area (TPSA) is 38.3 Å². The minimum Gasteiger partial charge on any atom is -0.372 e. The minimum absolute atomic E-state index is 0.140. The van der Waals surface area contributed by atoms with E-state index < -0.39 is 18.7 Å². The molecule has 2 aromatic carbocycles. The van der Waals surface area contributed by atoms with Crippen molar-refractivity contribution in [2.75, 3.05) is 18.5 Å². The number of anilines is 1. The average molecular weight is 323 g/mol. The Morgan fingerprint density at radius 2 is 1.65 bits per heavy atom. The molecule has 23 heavy (non-hydrogen) atoms. The summed E-state index contributed by atoms with van der Waals surface area (Å²) >= 11 is 0. The summed E-state index contributed by atoms with van der Waals surface area (Å²) in [6, 6.07) is 16.7. The van der Waals surface area contributed by atoms with Crippen molar-refractivity contribution < 1.29 is 22.7 Å². The zero-order valence-electron chi connectivity index (χ0n) is 12.3. The first-order valence-corrected chi connectivity index (χ1v) is 7.04. The molecule has 1 N–H and O–H groups in total. The van der Waals surface area contributed by atoms with Crippen molar-refractivity contribution in [3.8, 4) is 11.1 Å². The predicted octanol–water partition coefficient (Wildman–Crippen LogP) is 4.26. The molecule has 2 aromatic rings. The molecule has 0 heterocycles. The molecule has 0 saturated heterocycles. The number of hydrogen-bond acceptors (Lipinski definition) is 2. The van der Waals surface area contributed by atoms with E-state index >= 15 is 0 Å². The largest absolute Gasteiger partial charge is 0.411 e. The van der Waals surface area contributed by atoms with E-state index in [4.69, 9.17) is 0 Å². The van der Waals surface area contributed by atoms with Gasteiger partial charge in [0.1, 0.15) is 6.61 Å². The summed E-state index contributed by atoms with van der Waals surface area (Å²) in [6.07, 6.45) is -4.52. The van der Waals surface area contributed by atoms with Gasteiger partial charge in [-0.15, -0.1) is 0 Å². The van der Waals surface area contributed by atoms with E-state index in [0.29, 0.717) is 5.69 Å². The highest BCUT2D eigenvalue weighted by Crippen LogP contribution is 2.27. The first kappa shape index (κ1) is 17.0. The van der Waals surface area contributed by atoms with Crippen LogP contribution in [0.5, 0.6) is 0 Å². The third-order valence-corrected chi connectivity index (χ3v) is 3.03. The number of carbonyl (C=O) groups excluding carboxylic acids is 1. The molecule has 6 heteroatoms. The second-order valence-corrected chi connectivity index (χ2v) is 4.88. The van der Waals surface area contributed by atoms with Crippen molar-refractivity contribution in [1.29, 1.82) is 0 Å². The third-order valence-electron chi connectivity index (χ3n) is 3.03. The molecule has 0 radical (unpaired) electrons. The van der Waals surface area contributed by atoms with Crippen LogP contribution in [0.15, 0.2) is 54.6 Å². The lowest BCUT2D eigenvalue weighted by atomic mass is 10.0. The second-order valence-electron chi connectivity index (χ2n) is 4.88. The van der Waals surface area contributed by atoms with Gasteiger partial charge in [0.05, 0.1) is 13.0 Å². The Balaban J connectivity index is 1.94. The van der Waals surface area contributed by atoms with Gasteiger partial charge in [-0.3, -0.25) is 4.79 Å². The van der Waals surface area contributed by atoms with E-state index in [2.05, 4.69) is 10.1 Å². The minimum atomic E-state index is -4.38. The Hall–Kier alpha value is -2.34. The first-order valence-electron chi connectivity index (χ1n) is 7.04. The molecule has 0 atom stereocenters. The van der Waals surface area contributed by atoms with E-state index in [-0.39, 0.29) is 13.0 Å². The van der Waals surface area contributed by atoms with Gasteiger partial charge in [0, 0.05) is 11.3 Å². The Labute approximate surface area is 132 Å². The van der Waals surface area contributed by atoms with Gasteiger partial charge < -0.3 is 10.1 Å². The zero-order chi connectivity index (χ0) is 16.7. The van der Waals surface area contributed by atoms with Crippen LogP contribution in [-0.2, 0) is 9.53 Å². The Morgan fingerprint density at radius 1 is 1.00 bits per heavy atom. The summed E-state index contributed by atoms with van der Waals surface area (Å²) in [4.78, 5) is 11.8. The zero-order valence-corrected chi connectivity index (χ0v) is 12.3. The molecular weight excluding hydrogens is 307 g/mol. The molecule has 122 valence electrons. The standard InChI is InChI=1S/C17H16F3NO2/c18-17(19,20)12-23-11-10-16(22)21-15-9-5-4-8-14(15)13-6-2-1-3-7-13/h1-9H,10-12H2,(H,21,22). The van der Waals surface area contributed by atoms with Crippen LogP contribution < -0.4 is 5.32 Å². The highest BCUT2D eigenvalue weighted by molar-refractivity contribution is 5.95. The molecule has 0 aliphatic carbocycles. The van der Waals surface area contributed by atoms with Gasteiger partial charge in [0.25, 0.3) is 0 Å². The summed E-state index contributed by atoms with van der Waals surface area (Å²) in [6.45, 7) is -1.63. The second kappa shape index (κ2) is 7.78. The summed E-state index contributed by atoms with van der Waals surface area (Å²) < 4.78 is 40.3. The van der Waals surface area contributed by atoms with Crippen molar-refractivity contribution >= 4 is 11.6 Å². The molecule has 0 aromatic heterocycles. The fourth-order valence-corrected chi connectivity index (χ4v) is 2.03. The molecule has 0 aliphatic rings. The number of halogens is 3. The predicted molar refractivity (Wildman–Crippen MR) is 82.0 cm³/mol. The molecule has 0 saturated carbocycles. The molecule has 0 aliphatic heterocycles. The summed E-state index contributed by atoms with van der Waals surface area (Å²) in [5.74, 6) is -0.393. The molecule has 0 bridgehead atoms. The third kappa shape index (κ3) is 5.75.